The molecule has 0 spiro atoms. The zero-order valence-electron chi connectivity index (χ0n) is 18.1. The van der Waals surface area contributed by atoms with E-state index in [0.717, 1.165) is 10.6 Å². The van der Waals surface area contributed by atoms with Crippen LogP contribution in [0.5, 0.6) is 0 Å². The fourth-order valence-electron chi connectivity index (χ4n) is 4.05. The number of hydrogen-bond donors (Lipinski definition) is 2. The van der Waals surface area contributed by atoms with Crippen LogP contribution in [0.2, 0.25) is 0 Å². The van der Waals surface area contributed by atoms with Crippen LogP contribution in [0, 0.1) is 11.6 Å². The third-order valence-electron chi connectivity index (χ3n) is 5.54. The minimum atomic E-state index is -3.88. The zero-order chi connectivity index (χ0) is 24.1. The molecular formula is C22H22F2N2O6S. The second kappa shape index (κ2) is 8.40. The van der Waals surface area contributed by atoms with E-state index in [1.807, 2.05) is 0 Å². The summed E-state index contributed by atoms with van der Waals surface area (Å²) >= 11 is 0. The van der Waals surface area contributed by atoms with Gasteiger partial charge < -0.3 is 19.6 Å². The summed E-state index contributed by atoms with van der Waals surface area (Å²) in [5, 5.41) is 11.9. The standard InChI is InChI=1S/C22H22F2N2O6S/c1-11-17-15(26(33(3,29)30)9-14(10-27)31-11)8-16-18(20(17)24)19(22(28)25-2)21(32-16)12-4-6-13(23)7-5-12/h4-8,11,14,27H,9-10H2,1-3H3,(H,25,28)/t11-,14-/m0/s1. The number of halogens is 2. The van der Waals surface area contributed by atoms with E-state index >= 15 is 4.39 Å². The Morgan fingerprint density at radius 3 is 2.52 bits per heavy atom. The first-order chi connectivity index (χ1) is 15.6. The van der Waals surface area contributed by atoms with E-state index in [2.05, 4.69) is 5.32 Å². The number of ether oxygens (including phenoxy) is 1. The lowest BCUT2D eigenvalue weighted by molar-refractivity contribution is -0.0239. The molecule has 176 valence electrons. The minimum absolute atomic E-state index is 0.00573. The molecule has 0 fully saturated rings. The number of nitrogens with one attached hydrogen (secondary N) is 1. The molecule has 11 heteroatoms. The third kappa shape index (κ3) is 3.96. The van der Waals surface area contributed by atoms with Gasteiger partial charge in [-0.2, -0.15) is 0 Å². The van der Waals surface area contributed by atoms with E-state index in [1.165, 1.54) is 44.3 Å². The molecule has 4 rings (SSSR count). The van der Waals surface area contributed by atoms with Gasteiger partial charge in [-0.1, -0.05) is 0 Å². The first-order valence-corrected chi connectivity index (χ1v) is 11.9. The summed E-state index contributed by atoms with van der Waals surface area (Å²) in [6.45, 7) is 0.828. The fourth-order valence-corrected chi connectivity index (χ4v) is 5.00. The van der Waals surface area contributed by atoms with Crippen molar-refractivity contribution < 1.29 is 36.3 Å². The Kier molecular flexibility index (Phi) is 5.89. The molecule has 1 amide bonds. The van der Waals surface area contributed by atoms with E-state index in [-0.39, 0.29) is 40.1 Å². The highest BCUT2D eigenvalue weighted by molar-refractivity contribution is 7.92. The number of fused-ring (bicyclic) bond motifs is 2. The first-order valence-electron chi connectivity index (χ1n) is 10.1. The third-order valence-corrected chi connectivity index (χ3v) is 6.69. The van der Waals surface area contributed by atoms with Crippen molar-refractivity contribution in [1.29, 1.82) is 0 Å². The molecule has 1 aliphatic rings. The summed E-state index contributed by atoms with van der Waals surface area (Å²) in [6.07, 6.45) is -0.859. The molecular weight excluding hydrogens is 458 g/mol. The predicted molar refractivity (Wildman–Crippen MR) is 118 cm³/mol. The number of hydrogen-bond acceptors (Lipinski definition) is 6. The number of nitrogens with zero attached hydrogens (tertiary/aromatic N) is 1. The second-order valence-corrected chi connectivity index (χ2v) is 9.67. The molecule has 0 bridgehead atoms. The molecule has 2 aromatic carbocycles. The van der Waals surface area contributed by atoms with Crippen LogP contribution in [0.15, 0.2) is 34.7 Å². The van der Waals surface area contributed by atoms with Gasteiger partial charge >= 0.3 is 0 Å². The van der Waals surface area contributed by atoms with Crippen LogP contribution in [-0.4, -0.2) is 52.0 Å². The van der Waals surface area contributed by atoms with Gasteiger partial charge in [-0.05, 0) is 31.2 Å². The fraction of sp³-hybridized carbons (Fsp3) is 0.318. The summed E-state index contributed by atoms with van der Waals surface area (Å²) in [6, 6.07) is 6.48. The molecule has 2 heterocycles. The maximum atomic E-state index is 16.1. The Bertz CT molecular complexity index is 1340. The number of furan rings is 1. The van der Waals surface area contributed by atoms with Gasteiger partial charge in [-0.3, -0.25) is 9.10 Å². The lowest BCUT2D eigenvalue weighted by Gasteiger charge is -2.24. The quantitative estimate of drug-likeness (QED) is 0.594. The van der Waals surface area contributed by atoms with Crippen molar-refractivity contribution in [2.75, 3.05) is 30.8 Å². The summed E-state index contributed by atoms with van der Waals surface area (Å²) < 4.78 is 67.1. The van der Waals surface area contributed by atoms with Crippen molar-refractivity contribution in [1.82, 2.24) is 5.32 Å². The Hall–Kier alpha value is -3.02. The first kappa shape index (κ1) is 23.1. The zero-order valence-corrected chi connectivity index (χ0v) is 18.9. The van der Waals surface area contributed by atoms with Crippen molar-refractivity contribution in [2.24, 2.45) is 0 Å². The van der Waals surface area contributed by atoms with E-state index in [0.29, 0.717) is 5.56 Å². The van der Waals surface area contributed by atoms with Gasteiger partial charge in [-0.15, -0.1) is 0 Å². The van der Waals surface area contributed by atoms with Gasteiger partial charge in [0.15, 0.2) is 0 Å². The van der Waals surface area contributed by atoms with Crippen LogP contribution in [0.4, 0.5) is 14.5 Å². The topological polar surface area (TPSA) is 109 Å². The van der Waals surface area contributed by atoms with Gasteiger partial charge in [0.2, 0.25) is 10.0 Å². The van der Waals surface area contributed by atoms with E-state index in [4.69, 9.17) is 9.15 Å². The van der Waals surface area contributed by atoms with Crippen molar-refractivity contribution in [2.45, 2.75) is 19.1 Å². The average Bonchev–Trinajstić information content (AvgIpc) is 3.07. The minimum Gasteiger partial charge on any atom is -0.455 e. The second-order valence-electron chi connectivity index (χ2n) is 7.77. The Morgan fingerprint density at radius 1 is 1.27 bits per heavy atom. The molecule has 0 radical (unpaired) electrons. The molecule has 0 saturated carbocycles. The maximum Gasteiger partial charge on any atom is 0.255 e. The van der Waals surface area contributed by atoms with Crippen molar-refractivity contribution in [3.05, 3.63) is 53.1 Å². The number of aliphatic hydroxyl groups excluding tert-OH is 1. The van der Waals surface area contributed by atoms with Crippen LogP contribution < -0.4 is 9.62 Å². The van der Waals surface area contributed by atoms with Crippen molar-refractivity contribution >= 4 is 32.6 Å². The molecule has 33 heavy (non-hydrogen) atoms. The predicted octanol–water partition coefficient (Wildman–Crippen LogP) is 2.96. The van der Waals surface area contributed by atoms with E-state index < -0.39 is 46.4 Å². The number of anilines is 1. The normalized spacial score (nSPS) is 18.8. The lowest BCUT2D eigenvalue weighted by atomic mass is 9.99. The molecule has 0 saturated heterocycles. The van der Waals surface area contributed by atoms with Crippen LogP contribution in [0.3, 0.4) is 0 Å². The summed E-state index contributed by atoms with van der Waals surface area (Å²) in [5.41, 5.74) is 0.0765. The maximum absolute atomic E-state index is 16.1. The Labute approximate surface area is 188 Å². The lowest BCUT2D eigenvalue weighted by Crippen LogP contribution is -2.38. The van der Waals surface area contributed by atoms with Crippen LogP contribution >= 0.6 is 0 Å². The number of carbonyl (C=O) groups excluding carboxylic acids is 1. The smallest absolute Gasteiger partial charge is 0.255 e. The summed E-state index contributed by atoms with van der Waals surface area (Å²) in [4.78, 5) is 12.8. The van der Waals surface area contributed by atoms with Gasteiger partial charge in [0.1, 0.15) is 23.0 Å². The molecule has 0 unspecified atom stereocenters. The van der Waals surface area contributed by atoms with Gasteiger partial charge in [0.05, 0.1) is 48.3 Å². The molecule has 1 aromatic heterocycles. The highest BCUT2D eigenvalue weighted by Crippen LogP contribution is 2.44. The monoisotopic (exact) mass is 480 g/mol. The Morgan fingerprint density at radius 2 is 1.94 bits per heavy atom. The number of amides is 1. The molecule has 2 N–H and O–H groups in total. The van der Waals surface area contributed by atoms with Crippen LogP contribution in [0.25, 0.3) is 22.3 Å². The molecule has 3 aromatic rings. The highest BCUT2D eigenvalue weighted by Gasteiger charge is 2.36. The molecule has 0 aliphatic carbocycles. The van der Waals surface area contributed by atoms with Gasteiger partial charge in [0.25, 0.3) is 5.91 Å². The van der Waals surface area contributed by atoms with Gasteiger partial charge in [-0.25, -0.2) is 17.2 Å². The molecule has 2 atom stereocenters. The number of carbonyl (C=O) groups is 1. The summed E-state index contributed by atoms with van der Waals surface area (Å²) in [7, 11) is -2.51. The molecule has 8 nitrogen and oxygen atoms in total. The number of benzene rings is 2. The van der Waals surface area contributed by atoms with Crippen LogP contribution in [-0.2, 0) is 14.8 Å². The highest BCUT2D eigenvalue weighted by atomic mass is 32.2. The van der Waals surface area contributed by atoms with Crippen LogP contribution in [0.1, 0.15) is 28.9 Å². The van der Waals surface area contributed by atoms with Crippen molar-refractivity contribution in [3.8, 4) is 11.3 Å². The number of rotatable bonds is 4. The SMILES string of the molecule is CNC(=O)c1c(-c2ccc(F)cc2)oc2cc3c(c(F)c12)[C@H](C)O[C@H](CO)CN3S(C)(=O)=O. The largest absolute Gasteiger partial charge is 0.455 e. The number of aliphatic hydroxyl groups is 1. The van der Waals surface area contributed by atoms with Crippen molar-refractivity contribution in [3.63, 3.8) is 0 Å². The van der Waals surface area contributed by atoms with E-state index in [1.54, 1.807) is 0 Å². The average molecular weight is 480 g/mol. The molecule has 1 aliphatic heterocycles. The summed E-state index contributed by atoms with van der Waals surface area (Å²) in [5.74, 6) is -2.00. The van der Waals surface area contributed by atoms with E-state index in [9.17, 15) is 22.7 Å². The Balaban J connectivity index is 2.08. The number of sulfonamides is 1. The van der Waals surface area contributed by atoms with Gasteiger partial charge in [0, 0.05) is 24.2 Å².